The minimum absolute atomic E-state index is 0.555. The van der Waals surface area contributed by atoms with Crippen LogP contribution in [-0.2, 0) is 0 Å². The summed E-state index contributed by atoms with van der Waals surface area (Å²) in [5.74, 6) is 2.61. The van der Waals surface area contributed by atoms with Crippen LogP contribution in [0, 0.1) is 23.2 Å². The van der Waals surface area contributed by atoms with Crippen molar-refractivity contribution in [3.05, 3.63) is 0 Å². The van der Waals surface area contributed by atoms with Gasteiger partial charge >= 0.3 is 0 Å². The first-order valence-electron chi connectivity index (χ1n) is 6.07. The molecule has 1 heteroatoms. The van der Waals surface area contributed by atoms with Crippen molar-refractivity contribution in [2.45, 2.75) is 46.5 Å². The number of hydrogen-bond acceptors (Lipinski definition) is 1. The second kappa shape index (κ2) is 3.36. The topological polar surface area (TPSA) is 12.4 Å². The molecule has 3 rings (SSSR count). The number of fused-ring (bicyclic) bond motifs is 2. The molecule has 0 heterocycles. The first-order chi connectivity index (χ1) is 6.61. The predicted octanol–water partition coefficient (Wildman–Crippen LogP) is 3.54. The van der Waals surface area contributed by atoms with Crippen molar-refractivity contribution >= 4 is 5.71 Å². The molecule has 0 aromatic heterocycles. The Hall–Kier alpha value is -0.330. The van der Waals surface area contributed by atoms with Gasteiger partial charge in [0.2, 0.25) is 0 Å². The second-order valence-electron chi connectivity index (χ2n) is 5.68. The van der Waals surface area contributed by atoms with Crippen LogP contribution < -0.4 is 0 Å². The van der Waals surface area contributed by atoms with Crippen LogP contribution >= 0.6 is 0 Å². The molecule has 0 aromatic rings. The fourth-order valence-corrected chi connectivity index (χ4v) is 3.62. The lowest BCUT2D eigenvalue weighted by Gasteiger charge is -2.59. The quantitative estimate of drug-likeness (QED) is 0.636. The third-order valence-electron chi connectivity index (χ3n) is 4.71. The van der Waals surface area contributed by atoms with Gasteiger partial charge in [-0.3, -0.25) is 4.99 Å². The van der Waals surface area contributed by atoms with Gasteiger partial charge in [0.05, 0.1) is 0 Å². The Kier molecular flexibility index (Phi) is 2.45. The van der Waals surface area contributed by atoms with E-state index in [-0.39, 0.29) is 0 Å². The van der Waals surface area contributed by atoms with Gasteiger partial charge in [0, 0.05) is 18.7 Å². The maximum atomic E-state index is 4.58. The van der Waals surface area contributed by atoms with Gasteiger partial charge < -0.3 is 0 Å². The van der Waals surface area contributed by atoms with E-state index >= 15 is 0 Å². The van der Waals surface area contributed by atoms with Gasteiger partial charge in [0.15, 0.2) is 0 Å². The van der Waals surface area contributed by atoms with Crippen LogP contribution in [0.25, 0.3) is 0 Å². The molecule has 3 aliphatic rings. The maximum Gasteiger partial charge on any atom is 0.0276 e. The van der Waals surface area contributed by atoms with Crippen LogP contribution in [0.5, 0.6) is 0 Å². The molecule has 3 aliphatic carbocycles. The molecule has 0 aromatic carbocycles. The zero-order chi connectivity index (χ0) is 10.3. The average Bonchev–Trinajstić information content (AvgIpc) is 2.17. The van der Waals surface area contributed by atoms with E-state index in [1.165, 1.54) is 25.7 Å². The molecule has 0 N–H and O–H groups in total. The normalized spacial score (nSPS) is 42.3. The molecule has 2 bridgehead atoms. The van der Waals surface area contributed by atoms with Gasteiger partial charge in [-0.15, -0.1) is 0 Å². The molecule has 0 saturated heterocycles. The van der Waals surface area contributed by atoms with Crippen molar-refractivity contribution in [1.82, 2.24) is 0 Å². The molecule has 0 spiro atoms. The van der Waals surface area contributed by atoms with Crippen molar-refractivity contribution in [3.63, 3.8) is 0 Å². The summed E-state index contributed by atoms with van der Waals surface area (Å²) in [5.41, 5.74) is 2.10. The molecule has 3 fully saturated rings. The van der Waals surface area contributed by atoms with E-state index in [2.05, 4.69) is 25.8 Å². The average molecular weight is 193 g/mol. The zero-order valence-corrected chi connectivity index (χ0v) is 10.0. The summed E-state index contributed by atoms with van der Waals surface area (Å²) in [4.78, 5) is 4.58. The summed E-state index contributed by atoms with van der Waals surface area (Å²) in [6.45, 7) is 7.15. The highest BCUT2D eigenvalue weighted by Crippen LogP contribution is 2.59. The fourth-order valence-electron chi connectivity index (χ4n) is 3.62. The van der Waals surface area contributed by atoms with Crippen molar-refractivity contribution in [2.24, 2.45) is 28.2 Å². The second-order valence-corrected chi connectivity index (χ2v) is 5.68. The first-order valence-corrected chi connectivity index (χ1v) is 6.07. The number of aliphatic imine (C=N–C) groups is 1. The van der Waals surface area contributed by atoms with Crippen LogP contribution in [0.15, 0.2) is 4.99 Å². The monoisotopic (exact) mass is 193 g/mol. The van der Waals surface area contributed by atoms with Gasteiger partial charge in [-0.05, 0) is 36.5 Å². The fraction of sp³-hybridized carbons (Fsp3) is 0.923. The first kappa shape index (κ1) is 10.2. The molecule has 0 radical (unpaired) electrons. The molecule has 0 unspecified atom stereocenters. The molecular weight excluding hydrogens is 170 g/mol. The molecule has 14 heavy (non-hydrogen) atoms. The van der Waals surface area contributed by atoms with E-state index < -0.39 is 0 Å². The Balaban J connectivity index is 2.15. The van der Waals surface area contributed by atoms with Crippen LogP contribution in [0.4, 0.5) is 0 Å². The molecule has 3 atom stereocenters. The Morgan fingerprint density at radius 1 is 1.36 bits per heavy atom. The molecule has 0 aliphatic heterocycles. The van der Waals surface area contributed by atoms with Gasteiger partial charge in [0.25, 0.3) is 0 Å². The van der Waals surface area contributed by atoms with E-state index in [1.54, 1.807) is 5.71 Å². The van der Waals surface area contributed by atoms with E-state index in [0.717, 1.165) is 17.8 Å². The number of hydrogen-bond donors (Lipinski definition) is 0. The van der Waals surface area contributed by atoms with E-state index in [1.807, 2.05) is 7.05 Å². The molecule has 1 nitrogen and oxygen atoms in total. The van der Waals surface area contributed by atoms with Gasteiger partial charge in [0.1, 0.15) is 0 Å². The standard InChI is InChI=1S/C13H23N/c1-5-6-9-7-10-8-11(12(9)14-4)13(10,2)3/h9-11H,5-8H2,1-4H3/t9-,10-,11-/m0/s1. The molecular formula is C13H23N. The van der Waals surface area contributed by atoms with Crippen LogP contribution in [0.2, 0.25) is 0 Å². The summed E-state index contributed by atoms with van der Waals surface area (Å²) < 4.78 is 0. The number of rotatable bonds is 2. The zero-order valence-electron chi connectivity index (χ0n) is 10.0. The molecule has 80 valence electrons. The highest BCUT2D eigenvalue weighted by Gasteiger charge is 2.55. The van der Waals surface area contributed by atoms with Crippen molar-refractivity contribution < 1.29 is 0 Å². The van der Waals surface area contributed by atoms with E-state index in [0.29, 0.717) is 5.41 Å². The molecule has 3 saturated carbocycles. The highest BCUT2D eigenvalue weighted by atomic mass is 14.8. The third-order valence-corrected chi connectivity index (χ3v) is 4.71. The lowest BCUT2D eigenvalue weighted by atomic mass is 9.45. The SMILES string of the molecule is CCC[C@H]1C[C@H]2C[C@@H](C1=NC)C2(C)C. The summed E-state index contributed by atoms with van der Waals surface area (Å²) in [6.07, 6.45) is 5.49. The summed E-state index contributed by atoms with van der Waals surface area (Å²) >= 11 is 0. The smallest absolute Gasteiger partial charge is 0.0276 e. The largest absolute Gasteiger partial charge is 0.297 e. The van der Waals surface area contributed by atoms with Crippen LogP contribution in [0.3, 0.4) is 0 Å². The highest BCUT2D eigenvalue weighted by molar-refractivity contribution is 5.91. The van der Waals surface area contributed by atoms with Gasteiger partial charge in [-0.2, -0.15) is 0 Å². The summed E-state index contributed by atoms with van der Waals surface area (Å²) in [6, 6.07) is 0. The lowest BCUT2D eigenvalue weighted by molar-refractivity contribution is -0.0147. The molecule has 0 amide bonds. The van der Waals surface area contributed by atoms with Crippen LogP contribution in [0.1, 0.15) is 46.5 Å². The van der Waals surface area contributed by atoms with E-state index in [4.69, 9.17) is 0 Å². The van der Waals surface area contributed by atoms with E-state index in [9.17, 15) is 0 Å². The van der Waals surface area contributed by atoms with Crippen LogP contribution in [-0.4, -0.2) is 12.8 Å². The summed E-state index contributed by atoms with van der Waals surface area (Å²) in [5, 5.41) is 0. The van der Waals surface area contributed by atoms with Crippen molar-refractivity contribution in [1.29, 1.82) is 0 Å². The summed E-state index contributed by atoms with van der Waals surface area (Å²) in [7, 11) is 1.99. The Labute approximate surface area is 88.0 Å². The number of nitrogens with zero attached hydrogens (tertiary/aromatic N) is 1. The lowest BCUT2D eigenvalue weighted by Crippen LogP contribution is -2.56. The van der Waals surface area contributed by atoms with Gasteiger partial charge in [-0.25, -0.2) is 0 Å². The third kappa shape index (κ3) is 1.24. The van der Waals surface area contributed by atoms with Crippen molar-refractivity contribution in [3.8, 4) is 0 Å². The van der Waals surface area contributed by atoms with Crippen molar-refractivity contribution in [2.75, 3.05) is 7.05 Å². The maximum absolute atomic E-state index is 4.58. The minimum atomic E-state index is 0.555. The Bertz CT molecular complexity index is 252. The Morgan fingerprint density at radius 3 is 2.57 bits per heavy atom. The Morgan fingerprint density at radius 2 is 2.07 bits per heavy atom. The predicted molar refractivity (Wildman–Crippen MR) is 61.8 cm³/mol. The minimum Gasteiger partial charge on any atom is -0.297 e. The van der Waals surface area contributed by atoms with Gasteiger partial charge in [-0.1, -0.05) is 27.2 Å².